The maximum Gasteiger partial charge on any atom is 0.251 e. The van der Waals surface area contributed by atoms with Gasteiger partial charge in [0.25, 0.3) is 5.91 Å². The Kier molecular flexibility index (Phi) is 4.88. The Hall–Kier alpha value is -4.38. The van der Waals surface area contributed by atoms with E-state index >= 15 is 0 Å². The number of hydrogen-bond donors (Lipinski definition) is 0. The van der Waals surface area contributed by atoms with Gasteiger partial charge >= 0.3 is 0 Å². The lowest BCUT2D eigenvalue weighted by Crippen LogP contribution is -2.34. The number of para-hydroxylation sites is 3. The smallest absolute Gasteiger partial charge is 0.251 e. The molecular formula is C29H23N3O2. The normalized spacial score (nSPS) is 15.3. The summed E-state index contributed by atoms with van der Waals surface area (Å²) in [6, 6.07) is 28.0. The molecule has 5 heteroatoms. The summed E-state index contributed by atoms with van der Waals surface area (Å²) in [6.45, 7) is 2.08. The summed E-state index contributed by atoms with van der Waals surface area (Å²) in [7, 11) is 0. The summed E-state index contributed by atoms with van der Waals surface area (Å²) in [5.74, 6) is 0.628. The second-order valence-electron chi connectivity index (χ2n) is 8.59. The molecule has 1 aliphatic heterocycles. The molecular weight excluding hydrogens is 422 g/mol. The Bertz CT molecular complexity index is 1490. The SMILES string of the molecule is CC1Cc2ccccc2N1C(=O)C=Cc1cn(-c2ccccc2)nc1-c1cc2ccccc2o1. The van der Waals surface area contributed by atoms with E-state index in [0.717, 1.165) is 34.3 Å². The molecule has 166 valence electrons. The van der Waals surface area contributed by atoms with Crippen LogP contribution in [0.5, 0.6) is 0 Å². The van der Waals surface area contributed by atoms with Crippen molar-refractivity contribution in [1.82, 2.24) is 9.78 Å². The second kappa shape index (κ2) is 8.19. The Balaban J connectivity index is 1.40. The predicted molar refractivity (Wildman–Crippen MR) is 135 cm³/mol. The van der Waals surface area contributed by atoms with Gasteiger partial charge in [0.1, 0.15) is 11.3 Å². The Morgan fingerprint density at radius 2 is 1.76 bits per heavy atom. The van der Waals surface area contributed by atoms with E-state index in [9.17, 15) is 4.79 Å². The number of nitrogens with zero attached hydrogens (tertiary/aromatic N) is 3. The van der Waals surface area contributed by atoms with E-state index in [4.69, 9.17) is 9.52 Å². The molecule has 0 N–H and O–H groups in total. The largest absolute Gasteiger partial charge is 0.454 e. The summed E-state index contributed by atoms with van der Waals surface area (Å²) in [5.41, 5.74) is 5.45. The van der Waals surface area contributed by atoms with Crippen LogP contribution in [0.2, 0.25) is 0 Å². The number of benzene rings is 3. The zero-order valence-corrected chi connectivity index (χ0v) is 18.8. The summed E-state index contributed by atoms with van der Waals surface area (Å²) < 4.78 is 7.93. The first kappa shape index (κ1) is 20.2. The quantitative estimate of drug-likeness (QED) is 0.306. The number of hydrogen-bond acceptors (Lipinski definition) is 3. The standard InChI is InChI=1S/C29H23N3O2/c1-20-17-21-9-5-7-13-25(21)32(20)28(33)16-15-23-19-31(24-11-3-2-4-12-24)30-29(23)27-18-22-10-6-8-14-26(22)34-27/h2-16,18-20H,17H2,1H3. The predicted octanol–water partition coefficient (Wildman–Crippen LogP) is 6.28. The molecule has 0 spiro atoms. The molecule has 0 saturated carbocycles. The van der Waals surface area contributed by atoms with Gasteiger partial charge in [-0.05, 0) is 55.3 Å². The van der Waals surface area contributed by atoms with Crippen molar-refractivity contribution in [2.75, 3.05) is 4.90 Å². The van der Waals surface area contributed by atoms with Gasteiger partial charge in [0, 0.05) is 35.0 Å². The molecule has 3 heterocycles. The molecule has 3 aromatic carbocycles. The highest BCUT2D eigenvalue weighted by molar-refractivity contribution is 6.06. The molecule has 34 heavy (non-hydrogen) atoms. The highest BCUT2D eigenvalue weighted by Crippen LogP contribution is 2.33. The fraction of sp³-hybridized carbons (Fsp3) is 0.103. The molecule has 0 aliphatic carbocycles. The van der Waals surface area contributed by atoms with Crippen LogP contribution in [0, 0.1) is 0 Å². The number of fused-ring (bicyclic) bond motifs is 2. The molecule has 0 saturated heterocycles. The molecule has 5 nitrogen and oxygen atoms in total. The van der Waals surface area contributed by atoms with Crippen LogP contribution in [0.25, 0.3) is 34.2 Å². The molecule has 5 aromatic rings. The van der Waals surface area contributed by atoms with Crippen molar-refractivity contribution in [1.29, 1.82) is 0 Å². The molecule has 1 atom stereocenters. The summed E-state index contributed by atoms with van der Waals surface area (Å²) in [4.78, 5) is 15.1. The third-order valence-corrected chi connectivity index (χ3v) is 6.27. The fourth-order valence-corrected chi connectivity index (χ4v) is 4.66. The molecule has 6 rings (SSSR count). The number of furan rings is 1. The van der Waals surface area contributed by atoms with Gasteiger partial charge in [-0.2, -0.15) is 5.10 Å². The fourth-order valence-electron chi connectivity index (χ4n) is 4.66. The number of amides is 1. The second-order valence-corrected chi connectivity index (χ2v) is 8.59. The van der Waals surface area contributed by atoms with E-state index in [1.807, 2.05) is 101 Å². The molecule has 1 amide bonds. The lowest BCUT2D eigenvalue weighted by Gasteiger charge is -2.20. The van der Waals surface area contributed by atoms with Gasteiger partial charge in [-0.3, -0.25) is 4.79 Å². The van der Waals surface area contributed by atoms with Crippen LogP contribution in [-0.2, 0) is 11.2 Å². The number of rotatable bonds is 4. The van der Waals surface area contributed by atoms with Gasteiger partial charge in [-0.15, -0.1) is 0 Å². The van der Waals surface area contributed by atoms with Crippen LogP contribution in [0.1, 0.15) is 18.1 Å². The monoisotopic (exact) mass is 445 g/mol. The number of anilines is 1. The summed E-state index contributed by atoms with van der Waals surface area (Å²) in [6.07, 6.45) is 6.27. The molecule has 2 aromatic heterocycles. The lowest BCUT2D eigenvalue weighted by atomic mass is 10.1. The first-order chi connectivity index (χ1) is 16.7. The molecule has 1 unspecified atom stereocenters. The Labute approximate surface area is 197 Å². The average Bonchev–Trinajstić information content (AvgIpc) is 3.57. The summed E-state index contributed by atoms with van der Waals surface area (Å²) >= 11 is 0. The minimum absolute atomic E-state index is 0.0412. The van der Waals surface area contributed by atoms with Crippen molar-refractivity contribution < 1.29 is 9.21 Å². The molecule has 0 radical (unpaired) electrons. The van der Waals surface area contributed by atoms with Gasteiger partial charge in [0.2, 0.25) is 0 Å². The number of carbonyl (C=O) groups is 1. The average molecular weight is 446 g/mol. The van der Waals surface area contributed by atoms with E-state index < -0.39 is 0 Å². The highest BCUT2D eigenvalue weighted by Gasteiger charge is 2.29. The van der Waals surface area contributed by atoms with Gasteiger partial charge in [-0.25, -0.2) is 4.68 Å². The topological polar surface area (TPSA) is 51.3 Å². The van der Waals surface area contributed by atoms with Crippen molar-refractivity contribution in [3.8, 4) is 17.1 Å². The number of carbonyl (C=O) groups excluding carboxylic acids is 1. The van der Waals surface area contributed by atoms with Gasteiger partial charge < -0.3 is 9.32 Å². The van der Waals surface area contributed by atoms with Crippen molar-refractivity contribution in [2.45, 2.75) is 19.4 Å². The van der Waals surface area contributed by atoms with Gasteiger partial charge in [-0.1, -0.05) is 54.6 Å². The maximum absolute atomic E-state index is 13.2. The van der Waals surface area contributed by atoms with Crippen molar-refractivity contribution in [3.05, 3.63) is 108 Å². The van der Waals surface area contributed by atoms with E-state index in [0.29, 0.717) is 11.5 Å². The van der Waals surface area contributed by atoms with Crippen LogP contribution in [-0.4, -0.2) is 21.7 Å². The highest BCUT2D eigenvalue weighted by atomic mass is 16.3. The van der Waals surface area contributed by atoms with E-state index in [-0.39, 0.29) is 11.9 Å². The first-order valence-electron chi connectivity index (χ1n) is 11.4. The van der Waals surface area contributed by atoms with Gasteiger partial charge in [0.05, 0.1) is 5.69 Å². The minimum Gasteiger partial charge on any atom is -0.454 e. The van der Waals surface area contributed by atoms with Crippen LogP contribution < -0.4 is 4.90 Å². The van der Waals surface area contributed by atoms with Crippen molar-refractivity contribution in [3.63, 3.8) is 0 Å². The molecule has 1 aliphatic rings. The maximum atomic E-state index is 13.2. The first-order valence-corrected chi connectivity index (χ1v) is 11.4. The van der Waals surface area contributed by atoms with Crippen molar-refractivity contribution >= 4 is 28.6 Å². The van der Waals surface area contributed by atoms with Crippen LogP contribution >= 0.6 is 0 Å². The summed E-state index contributed by atoms with van der Waals surface area (Å²) in [5, 5.41) is 5.83. The van der Waals surface area contributed by atoms with E-state index in [1.54, 1.807) is 6.08 Å². The zero-order valence-electron chi connectivity index (χ0n) is 18.8. The Morgan fingerprint density at radius 3 is 2.62 bits per heavy atom. The van der Waals surface area contributed by atoms with Crippen LogP contribution in [0.3, 0.4) is 0 Å². The van der Waals surface area contributed by atoms with Crippen LogP contribution in [0.15, 0.2) is 102 Å². The Morgan fingerprint density at radius 1 is 1.00 bits per heavy atom. The lowest BCUT2D eigenvalue weighted by molar-refractivity contribution is -0.114. The van der Waals surface area contributed by atoms with Crippen molar-refractivity contribution in [2.24, 2.45) is 0 Å². The van der Waals surface area contributed by atoms with Gasteiger partial charge in [0.15, 0.2) is 5.76 Å². The molecule has 0 fully saturated rings. The zero-order chi connectivity index (χ0) is 23.1. The van der Waals surface area contributed by atoms with E-state index in [2.05, 4.69) is 13.0 Å². The molecule has 0 bridgehead atoms. The van der Waals surface area contributed by atoms with E-state index in [1.165, 1.54) is 5.56 Å². The number of aromatic nitrogens is 2. The van der Waals surface area contributed by atoms with Crippen LogP contribution in [0.4, 0.5) is 5.69 Å². The third-order valence-electron chi connectivity index (χ3n) is 6.27. The third kappa shape index (κ3) is 3.52. The minimum atomic E-state index is -0.0412.